The Morgan fingerprint density at radius 1 is 1.04 bits per heavy atom. The van der Waals surface area contributed by atoms with Crippen molar-refractivity contribution < 1.29 is 9.59 Å². The fraction of sp³-hybridized carbons (Fsp3) is 0.105. The summed E-state index contributed by atoms with van der Waals surface area (Å²) < 4.78 is 1.68. The van der Waals surface area contributed by atoms with Gasteiger partial charge in [0, 0.05) is 31.4 Å². The molecule has 0 atom stereocenters. The summed E-state index contributed by atoms with van der Waals surface area (Å²) in [6.07, 6.45) is 3.60. The van der Waals surface area contributed by atoms with E-state index in [1.54, 1.807) is 48.3 Å². The van der Waals surface area contributed by atoms with Crippen LogP contribution in [0.4, 0.5) is 0 Å². The molecule has 0 aliphatic carbocycles. The zero-order valence-electron chi connectivity index (χ0n) is 12.8. The highest BCUT2D eigenvalue weighted by Crippen LogP contribution is 2.14. The average Bonchev–Trinajstić information content (AvgIpc) is 2.98. The van der Waals surface area contributed by atoms with Crippen LogP contribution in [0.5, 0.6) is 0 Å². The van der Waals surface area contributed by atoms with Crippen LogP contribution >= 0.6 is 0 Å². The van der Waals surface area contributed by atoms with Crippen molar-refractivity contribution in [1.82, 2.24) is 9.55 Å². The van der Waals surface area contributed by atoms with Crippen molar-refractivity contribution >= 4 is 11.6 Å². The van der Waals surface area contributed by atoms with Crippen LogP contribution in [0, 0.1) is 0 Å². The van der Waals surface area contributed by atoms with Crippen molar-refractivity contribution in [2.45, 2.75) is 6.42 Å². The molecule has 0 saturated heterocycles. The first-order chi connectivity index (χ1) is 11.1. The highest BCUT2D eigenvalue weighted by molar-refractivity contribution is 6.08. The Kier molecular flexibility index (Phi) is 4.15. The van der Waals surface area contributed by atoms with Crippen LogP contribution in [-0.4, -0.2) is 21.1 Å². The van der Waals surface area contributed by atoms with Crippen LogP contribution in [0.3, 0.4) is 0 Å². The van der Waals surface area contributed by atoms with Crippen LogP contribution in [0.25, 0.3) is 0 Å². The molecule has 4 nitrogen and oxygen atoms in total. The van der Waals surface area contributed by atoms with Gasteiger partial charge in [-0.2, -0.15) is 0 Å². The van der Waals surface area contributed by atoms with E-state index in [1.807, 2.05) is 30.3 Å². The zero-order chi connectivity index (χ0) is 16.2. The summed E-state index contributed by atoms with van der Waals surface area (Å²) >= 11 is 0. The van der Waals surface area contributed by atoms with Crippen LogP contribution in [0.2, 0.25) is 0 Å². The molecule has 0 aliphatic rings. The number of ketones is 2. The fourth-order valence-electron chi connectivity index (χ4n) is 2.45. The molecule has 0 aliphatic heterocycles. The van der Waals surface area contributed by atoms with Gasteiger partial charge in [0.1, 0.15) is 5.69 Å². The van der Waals surface area contributed by atoms with Gasteiger partial charge in [-0.05, 0) is 23.8 Å². The van der Waals surface area contributed by atoms with Crippen molar-refractivity contribution in [2.24, 2.45) is 7.05 Å². The molecule has 4 heteroatoms. The molecule has 2 heterocycles. The van der Waals surface area contributed by atoms with Gasteiger partial charge in [-0.1, -0.05) is 36.4 Å². The van der Waals surface area contributed by atoms with E-state index in [4.69, 9.17) is 0 Å². The maximum atomic E-state index is 12.5. The number of nitrogens with zero attached hydrogens (tertiary/aromatic N) is 2. The third-order valence-corrected chi connectivity index (χ3v) is 3.66. The second-order valence-corrected chi connectivity index (χ2v) is 5.35. The molecular formula is C19H16N2O2. The zero-order valence-corrected chi connectivity index (χ0v) is 12.8. The van der Waals surface area contributed by atoms with Crippen molar-refractivity contribution in [1.29, 1.82) is 0 Å². The lowest BCUT2D eigenvalue weighted by Crippen LogP contribution is -2.08. The lowest BCUT2D eigenvalue weighted by Gasteiger charge is -2.00. The van der Waals surface area contributed by atoms with Crippen molar-refractivity contribution in [3.63, 3.8) is 0 Å². The van der Waals surface area contributed by atoms with Gasteiger partial charge >= 0.3 is 0 Å². The summed E-state index contributed by atoms with van der Waals surface area (Å²) in [6.45, 7) is 0. The van der Waals surface area contributed by atoms with Gasteiger partial charge < -0.3 is 4.57 Å². The molecule has 23 heavy (non-hydrogen) atoms. The van der Waals surface area contributed by atoms with Crippen LogP contribution in [0.15, 0.2) is 67.0 Å². The van der Waals surface area contributed by atoms with E-state index >= 15 is 0 Å². The molecule has 0 N–H and O–H groups in total. The first-order valence-electron chi connectivity index (χ1n) is 7.34. The van der Waals surface area contributed by atoms with Gasteiger partial charge in [0.05, 0.1) is 5.69 Å². The molecule has 0 saturated carbocycles. The molecule has 0 bridgehead atoms. The standard InChI is InChI=1S/C19H16N2O2/c1-21-13-15(18(22)11-14-7-3-2-4-8-14)12-17(21)19(23)16-9-5-6-10-20-16/h2-10,12-13H,11H2,1H3. The molecule has 2 aromatic heterocycles. The smallest absolute Gasteiger partial charge is 0.227 e. The summed E-state index contributed by atoms with van der Waals surface area (Å²) in [5.74, 6) is -0.196. The maximum absolute atomic E-state index is 12.5. The Hall–Kier alpha value is -3.01. The van der Waals surface area contributed by atoms with E-state index in [0.29, 0.717) is 23.4 Å². The second kappa shape index (κ2) is 6.40. The van der Waals surface area contributed by atoms with E-state index in [2.05, 4.69) is 4.98 Å². The predicted molar refractivity (Wildman–Crippen MR) is 87.6 cm³/mol. The number of benzene rings is 1. The molecular weight excluding hydrogens is 288 g/mol. The maximum Gasteiger partial charge on any atom is 0.227 e. The first-order valence-corrected chi connectivity index (χ1v) is 7.34. The number of carbonyl (C=O) groups is 2. The number of pyridine rings is 1. The quantitative estimate of drug-likeness (QED) is 0.681. The monoisotopic (exact) mass is 304 g/mol. The second-order valence-electron chi connectivity index (χ2n) is 5.35. The number of aromatic nitrogens is 2. The Morgan fingerprint density at radius 3 is 2.48 bits per heavy atom. The van der Waals surface area contributed by atoms with Gasteiger partial charge in [-0.3, -0.25) is 14.6 Å². The minimum atomic E-state index is -0.188. The third kappa shape index (κ3) is 3.26. The fourth-order valence-corrected chi connectivity index (χ4v) is 2.45. The van der Waals surface area contributed by atoms with E-state index in [0.717, 1.165) is 5.56 Å². The topological polar surface area (TPSA) is 52.0 Å². The molecule has 3 rings (SSSR count). The summed E-state index contributed by atoms with van der Waals surface area (Å²) in [6, 6.07) is 16.4. The van der Waals surface area contributed by atoms with E-state index in [1.165, 1.54) is 0 Å². The molecule has 114 valence electrons. The largest absolute Gasteiger partial charge is 0.347 e. The number of aryl methyl sites for hydroxylation is 1. The summed E-state index contributed by atoms with van der Waals surface area (Å²) in [5, 5.41) is 0. The number of hydrogen-bond donors (Lipinski definition) is 0. The normalized spacial score (nSPS) is 10.5. The number of hydrogen-bond acceptors (Lipinski definition) is 3. The Bertz CT molecular complexity index is 836. The number of carbonyl (C=O) groups excluding carboxylic acids is 2. The molecule has 0 fully saturated rings. The number of rotatable bonds is 5. The van der Waals surface area contributed by atoms with Crippen molar-refractivity contribution in [3.05, 3.63) is 89.5 Å². The van der Waals surface area contributed by atoms with Gasteiger partial charge in [-0.15, -0.1) is 0 Å². The van der Waals surface area contributed by atoms with Gasteiger partial charge in [0.15, 0.2) is 5.78 Å². The predicted octanol–water partition coefficient (Wildman–Crippen LogP) is 3.08. The highest BCUT2D eigenvalue weighted by atomic mass is 16.1. The molecule has 3 aromatic rings. The van der Waals surface area contributed by atoms with Crippen molar-refractivity contribution in [2.75, 3.05) is 0 Å². The van der Waals surface area contributed by atoms with Gasteiger partial charge in [0.2, 0.25) is 5.78 Å². The van der Waals surface area contributed by atoms with Gasteiger partial charge in [-0.25, -0.2) is 0 Å². The summed E-state index contributed by atoms with van der Waals surface area (Å²) in [7, 11) is 1.76. The Morgan fingerprint density at radius 2 is 1.78 bits per heavy atom. The Balaban J connectivity index is 1.83. The van der Waals surface area contributed by atoms with Crippen LogP contribution in [0.1, 0.15) is 32.1 Å². The minimum Gasteiger partial charge on any atom is -0.347 e. The number of Topliss-reactive ketones (excluding diaryl/α,β-unsaturated/α-hetero) is 1. The van der Waals surface area contributed by atoms with Crippen LogP contribution in [-0.2, 0) is 13.5 Å². The minimum absolute atomic E-state index is 0.00753. The molecule has 1 aromatic carbocycles. The molecule has 0 spiro atoms. The van der Waals surface area contributed by atoms with E-state index in [9.17, 15) is 9.59 Å². The Labute approximate surface area is 134 Å². The summed E-state index contributed by atoms with van der Waals surface area (Å²) in [5.41, 5.74) is 2.32. The lowest BCUT2D eigenvalue weighted by molar-refractivity contribution is 0.0992. The molecule has 0 amide bonds. The summed E-state index contributed by atoms with van der Waals surface area (Å²) in [4.78, 5) is 28.9. The van der Waals surface area contributed by atoms with Gasteiger partial charge in [0.25, 0.3) is 0 Å². The SMILES string of the molecule is Cn1cc(C(=O)Cc2ccccc2)cc1C(=O)c1ccccn1. The highest BCUT2D eigenvalue weighted by Gasteiger charge is 2.18. The molecule has 0 unspecified atom stereocenters. The van der Waals surface area contributed by atoms with E-state index in [-0.39, 0.29) is 11.6 Å². The van der Waals surface area contributed by atoms with Crippen LogP contribution < -0.4 is 0 Å². The first kappa shape index (κ1) is 14.9. The van der Waals surface area contributed by atoms with Crippen molar-refractivity contribution in [3.8, 4) is 0 Å². The molecule has 0 radical (unpaired) electrons. The lowest BCUT2D eigenvalue weighted by atomic mass is 10.0. The average molecular weight is 304 g/mol. The third-order valence-electron chi connectivity index (χ3n) is 3.66. The van der Waals surface area contributed by atoms with E-state index < -0.39 is 0 Å².